The normalized spacial score (nSPS) is 24.3. The average Bonchev–Trinajstić information content (AvgIpc) is 3.26. The summed E-state index contributed by atoms with van der Waals surface area (Å²) in [6, 6.07) is 7.10. The number of hydrogen-bond acceptors (Lipinski definition) is 5. The Morgan fingerprint density at radius 1 is 1.22 bits per heavy atom. The van der Waals surface area contributed by atoms with Crippen molar-refractivity contribution in [1.82, 2.24) is 25.0 Å². The predicted molar refractivity (Wildman–Crippen MR) is 104 cm³/mol. The number of ether oxygens (including phenoxy) is 1. The smallest absolute Gasteiger partial charge is 0.150 e. The van der Waals surface area contributed by atoms with Crippen LogP contribution in [0.15, 0.2) is 18.2 Å². The summed E-state index contributed by atoms with van der Waals surface area (Å²) in [4.78, 5) is 2.58. The minimum atomic E-state index is -0.0791. The van der Waals surface area contributed by atoms with Gasteiger partial charge in [-0.3, -0.25) is 4.90 Å². The van der Waals surface area contributed by atoms with Crippen LogP contribution in [0.25, 0.3) is 0 Å². The molecule has 1 atom stereocenters. The molecule has 0 amide bonds. The van der Waals surface area contributed by atoms with E-state index in [4.69, 9.17) is 4.74 Å². The highest BCUT2D eigenvalue weighted by molar-refractivity contribution is 5.41. The van der Waals surface area contributed by atoms with Crippen LogP contribution in [-0.4, -0.2) is 44.9 Å². The third-order valence-corrected chi connectivity index (χ3v) is 6.07. The van der Waals surface area contributed by atoms with Gasteiger partial charge in [-0.2, -0.15) is 0 Å². The van der Waals surface area contributed by atoms with Crippen LogP contribution >= 0.6 is 0 Å². The van der Waals surface area contributed by atoms with Crippen molar-refractivity contribution in [2.75, 3.05) is 19.6 Å². The first-order chi connectivity index (χ1) is 13.1. The van der Waals surface area contributed by atoms with Crippen molar-refractivity contribution in [3.63, 3.8) is 0 Å². The molecule has 4 heterocycles. The van der Waals surface area contributed by atoms with E-state index in [1.807, 2.05) is 0 Å². The van der Waals surface area contributed by atoms with Gasteiger partial charge in [0.05, 0.1) is 6.04 Å². The lowest BCUT2D eigenvalue weighted by molar-refractivity contribution is 0.138. The third kappa shape index (κ3) is 3.25. The van der Waals surface area contributed by atoms with E-state index < -0.39 is 0 Å². The van der Waals surface area contributed by atoms with Crippen LogP contribution in [0.3, 0.4) is 0 Å². The SMILES string of the molecule is CC1(C)Cc2cc(CN3CCC[C@H]3c3nnc4n3CCNCC4)ccc2O1. The minimum Gasteiger partial charge on any atom is -0.487 e. The molecule has 0 unspecified atom stereocenters. The molecule has 6 heteroatoms. The number of benzene rings is 1. The molecule has 3 aliphatic rings. The Labute approximate surface area is 160 Å². The number of likely N-dealkylation sites (tertiary alicyclic amines) is 1. The number of rotatable bonds is 3. The lowest BCUT2D eigenvalue weighted by Crippen LogP contribution is -2.26. The maximum absolute atomic E-state index is 6.03. The van der Waals surface area contributed by atoms with Gasteiger partial charge in [0.1, 0.15) is 23.0 Å². The Kier molecular flexibility index (Phi) is 4.20. The standard InChI is InChI=1S/C21H29N5O/c1-21(2)13-16-12-15(5-6-18(16)27-21)14-25-10-3-4-17(25)20-24-23-19-7-8-22-9-11-26(19)20/h5-6,12,17,22H,3-4,7-11,13-14H2,1-2H3/t17-/m0/s1. The monoisotopic (exact) mass is 367 g/mol. The molecule has 0 aliphatic carbocycles. The second-order valence-corrected chi connectivity index (χ2v) is 8.74. The van der Waals surface area contributed by atoms with Crippen molar-refractivity contribution in [2.24, 2.45) is 0 Å². The molecule has 3 aliphatic heterocycles. The van der Waals surface area contributed by atoms with Gasteiger partial charge in [-0.25, -0.2) is 0 Å². The summed E-state index contributed by atoms with van der Waals surface area (Å²) < 4.78 is 8.40. The molecule has 27 heavy (non-hydrogen) atoms. The van der Waals surface area contributed by atoms with E-state index in [-0.39, 0.29) is 5.60 Å². The minimum absolute atomic E-state index is 0.0791. The number of nitrogens with one attached hydrogen (secondary N) is 1. The number of fused-ring (bicyclic) bond motifs is 2. The van der Waals surface area contributed by atoms with E-state index in [0.29, 0.717) is 6.04 Å². The van der Waals surface area contributed by atoms with Crippen LogP contribution in [0.2, 0.25) is 0 Å². The fourth-order valence-electron chi connectivity index (χ4n) is 4.84. The lowest BCUT2D eigenvalue weighted by Gasteiger charge is -2.24. The first-order valence-electron chi connectivity index (χ1n) is 10.3. The van der Waals surface area contributed by atoms with Gasteiger partial charge in [0.2, 0.25) is 0 Å². The highest BCUT2D eigenvalue weighted by atomic mass is 16.5. The number of nitrogens with zero attached hydrogens (tertiary/aromatic N) is 4. The van der Waals surface area contributed by atoms with Crippen LogP contribution in [0.5, 0.6) is 5.75 Å². The first-order valence-corrected chi connectivity index (χ1v) is 10.3. The molecular weight excluding hydrogens is 338 g/mol. The summed E-state index contributed by atoms with van der Waals surface area (Å²) in [5, 5.41) is 12.6. The van der Waals surface area contributed by atoms with E-state index in [0.717, 1.165) is 63.0 Å². The molecule has 2 aromatic rings. The van der Waals surface area contributed by atoms with Crippen LogP contribution < -0.4 is 10.1 Å². The van der Waals surface area contributed by atoms with E-state index >= 15 is 0 Å². The first kappa shape index (κ1) is 17.2. The van der Waals surface area contributed by atoms with Crippen LogP contribution in [-0.2, 0) is 25.9 Å². The van der Waals surface area contributed by atoms with Crippen molar-refractivity contribution in [2.45, 2.75) is 64.3 Å². The molecule has 0 spiro atoms. The number of aromatic nitrogens is 3. The third-order valence-electron chi connectivity index (χ3n) is 6.07. The molecule has 1 saturated heterocycles. The Morgan fingerprint density at radius 3 is 3.07 bits per heavy atom. The second kappa shape index (κ2) is 6.60. The lowest BCUT2D eigenvalue weighted by atomic mass is 10.00. The van der Waals surface area contributed by atoms with Crippen molar-refractivity contribution < 1.29 is 4.74 Å². The largest absolute Gasteiger partial charge is 0.487 e. The Balaban J connectivity index is 1.37. The number of hydrogen-bond donors (Lipinski definition) is 1. The van der Waals surface area contributed by atoms with Gasteiger partial charge in [-0.05, 0) is 50.4 Å². The molecule has 0 radical (unpaired) electrons. The van der Waals surface area contributed by atoms with Gasteiger partial charge in [0.15, 0.2) is 0 Å². The Morgan fingerprint density at radius 2 is 2.15 bits per heavy atom. The quantitative estimate of drug-likeness (QED) is 0.903. The van der Waals surface area contributed by atoms with Crippen molar-refractivity contribution in [1.29, 1.82) is 0 Å². The van der Waals surface area contributed by atoms with Gasteiger partial charge in [0, 0.05) is 39.0 Å². The molecule has 1 N–H and O–H groups in total. The molecule has 1 aromatic carbocycles. The Bertz CT molecular complexity index is 843. The maximum atomic E-state index is 6.03. The average molecular weight is 367 g/mol. The van der Waals surface area contributed by atoms with E-state index in [2.05, 4.69) is 57.0 Å². The summed E-state index contributed by atoms with van der Waals surface area (Å²) in [6.07, 6.45) is 4.36. The zero-order chi connectivity index (χ0) is 18.4. The summed E-state index contributed by atoms with van der Waals surface area (Å²) >= 11 is 0. The van der Waals surface area contributed by atoms with Crippen LogP contribution in [0.4, 0.5) is 0 Å². The predicted octanol–water partition coefficient (Wildman–Crippen LogP) is 2.47. The zero-order valence-electron chi connectivity index (χ0n) is 16.4. The zero-order valence-corrected chi connectivity index (χ0v) is 16.4. The molecule has 1 fully saturated rings. The topological polar surface area (TPSA) is 55.2 Å². The second-order valence-electron chi connectivity index (χ2n) is 8.74. The van der Waals surface area contributed by atoms with Crippen molar-refractivity contribution >= 4 is 0 Å². The molecule has 0 saturated carbocycles. The Hall–Kier alpha value is -1.92. The molecule has 144 valence electrons. The molecule has 6 nitrogen and oxygen atoms in total. The molecular formula is C21H29N5O. The summed E-state index contributed by atoms with van der Waals surface area (Å²) in [7, 11) is 0. The fourth-order valence-corrected chi connectivity index (χ4v) is 4.84. The maximum Gasteiger partial charge on any atom is 0.150 e. The molecule has 5 rings (SSSR count). The van der Waals surface area contributed by atoms with Gasteiger partial charge in [-0.15, -0.1) is 10.2 Å². The van der Waals surface area contributed by atoms with Gasteiger partial charge >= 0.3 is 0 Å². The van der Waals surface area contributed by atoms with Crippen LogP contribution in [0.1, 0.15) is 55.5 Å². The molecule has 0 bridgehead atoms. The van der Waals surface area contributed by atoms with Gasteiger partial charge in [0.25, 0.3) is 0 Å². The highest BCUT2D eigenvalue weighted by Gasteiger charge is 2.33. The summed E-state index contributed by atoms with van der Waals surface area (Å²) in [6.45, 7) is 9.41. The summed E-state index contributed by atoms with van der Waals surface area (Å²) in [5.41, 5.74) is 2.64. The van der Waals surface area contributed by atoms with Crippen molar-refractivity contribution in [3.05, 3.63) is 41.0 Å². The van der Waals surface area contributed by atoms with Gasteiger partial charge in [-0.1, -0.05) is 12.1 Å². The van der Waals surface area contributed by atoms with Crippen molar-refractivity contribution in [3.8, 4) is 5.75 Å². The molecule has 1 aromatic heterocycles. The van der Waals surface area contributed by atoms with Gasteiger partial charge < -0.3 is 14.6 Å². The summed E-state index contributed by atoms with van der Waals surface area (Å²) in [5.74, 6) is 3.35. The van der Waals surface area contributed by atoms with E-state index in [1.165, 1.54) is 24.0 Å². The van der Waals surface area contributed by atoms with Crippen LogP contribution in [0, 0.1) is 0 Å². The van der Waals surface area contributed by atoms with E-state index in [1.54, 1.807) is 0 Å². The van der Waals surface area contributed by atoms with E-state index in [9.17, 15) is 0 Å². The highest BCUT2D eigenvalue weighted by Crippen LogP contribution is 2.37. The fraction of sp³-hybridized carbons (Fsp3) is 0.619.